The minimum absolute atomic E-state index is 0.0456. The van der Waals surface area contributed by atoms with Gasteiger partial charge in [0, 0.05) is 18.9 Å². The van der Waals surface area contributed by atoms with Crippen molar-refractivity contribution in [1.82, 2.24) is 5.32 Å². The SMILES string of the molecule is CC(CN)C(C)NC(=O)CCc1ccco1. The fourth-order valence-electron chi connectivity index (χ4n) is 1.36. The maximum absolute atomic E-state index is 11.6. The lowest BCUT2D eigenvalue weighted by atomic mass is 10.0. The van der Waals surface area contributed by atoms with E-state index in [4.69, 9.17) is 10.2 Å². The second-order valence-electron chi connectivity index (χ2n) is 4.15. The van der Waals surface area contributed by atoms with Gasteiger partial charge in [0.25, 0.3) is 0 Å². The maximum atomic E-state index is 11.6. The van der Waals surface area contributed by atoms with Crippen LogP contribution < -0.4 is 11.1 Å². The molecule has 0 radical (unpaired) electrons. The molecule has 2 atom stereocenters. The summed E-state index contributed by atoms with van der Waals surface area (Å²) in [6, 6.07) is 3.82. The van der Waals surface area contributed by atoms with Crippen molar-refractivity contribution in [3.8, 4) is 0 Å². The van der Waals surface area contributed by atoms with E-state index in [-0.39, 0.29) is 11.9 Å². The van der Waals surface area contributed by atoms with Gasteiger partial charge < -0.3 is 15.5 Å². The molecule has 0 saturated heterocycles. The Labute approximate surface area is 96.2 Å². The lowest BCUT2D eigenvalue weighted by molar-refractivity contribution is -0.122. The van der Waals surface area contributed by atoms with Gasteiger partial charge in [0.05, 0.1) is 6.26 Å². The summed E-state index contributed by atoms with van der Waals surface area (Å²) in [4.78, 5) is 11.6. The van der Waals surface area contributed by atoms with Crippen LogP contribution in [0.15, 0.2) is 22.8 Å². The quantitative estimate of drug-likeness (QED) is 0.765. The Hall–Kier alpha value is -1.29. The molecule has 0 aromatic carbocycles. The van der Waals surface area contributed by atoms with Crippen molar-refractivity contribution in [3.05, 3.63) is 24.2 Å². The fourth-order valence-corrected chi connectivity index (χ4v) is 1.36. The summed E-state index contributed by atoms with van der Waals surface area (Å²) in [6.45, 7) is 4.58. The number of rotatable bonds is 6. The molecule has 0 bridgehead atoms. The summed E-state index contributed by atoms with van der Waals surface area (Å²) in [5.41, 5.74) is 5.53. The van der Waals surface area contributed by atoms with Gasteiger partial charge in [0.2, 0.25) is 5.91 Å². The first kappa shape index (κ1) is 12.8. The number of aryl methyl sites for hydroxylation is 1. The van der Waals surface area contributed by atoms with Gasteiger partial charge in [-0.05, 0) is 31.5 Å². The van der Waals surface area contributed by atoms with E-state index in [2.05, 4.69) is 5.32 Å². The van der Waals surface area contributed by atoms with Gasteiger partial charge in [-0.1, -0.05) is 6.92 Å². The van der Waals surface area contributed by atoms with Crippen LogP contribution >= 0.6 is 0 Å². The Morgan fingerprint density at radius 1 is 1.56 bits per heavy atom. The first-order valence-electron chi connectivity index (χ1n) is 5.65. The minimum atomic E-state index is 0.0456. The Kier molecular flexibility index (Phi) is 5.05. The molecule has 1 rings (SSSR count). The third kappa shape index (κ3) is 4.06. The van der Waals surface area contributed by atoms with Crippen LogP contribution in [0.3, 0.4) is 0 Å². The van der Waals surface area contributed by atoms with Crippen molar-refractivity contribution in [2.75, 3.05) is 6.54 Å². The molecule has 2 unspecified atom stereocenters. The first-order valence-corrected chi connectivity index (χ1v) is 5.65. The van der Waals surface area contributed by atoms with Crippen LogP contribution in [-0.4, -0.2) is 18.5 Å². The monoisotopic (exact) mass is 224 g/mol. The number of carbonyl (C=O) groups excluding carboxylic acids is 1. The largest absolute Gasteiger partial charge is 0.469 e. The molecular weight excluding hydrogens is 204 g/mol. The molecule has 1 heterocycles. The van der Waals surface area contributed by atoms with Crippen LogP contribution in [0, 0.1) is 5.92 Å². The molecule has 3 N–H and O–H groups in total. The van der Waals surface area contributed by atoms with Crippen molar-refractivity contribution in [3.63, 3.8) is 0 Å². The topological polar surface area (TPSA) is 68.3 Å². The summed E-state index contributed by atoms with van der Waals surface area (Å²) in [6.07, 6.45) is 2.71. The van der Waals surface area contributed by atoms with Crippen LogP contribution in [0.5, 0.6) is 0 Å². The zero-order valence-corrected chi connectivity index (χ0v) is 9.90. The molecule has 0 aliphatic rings. The summed E-state index contributed by atoms with van der Waals surface area (Å²) >= 11 is 0. The zero-order chi connectivity index (χ0) is 12.0. The van der Waals surface area contributed by atoms with Crippen LogP contribution in [0.4, 0.5) is 0 Å². The number of hydrogen-bond acceptors (Lipinski definition) is 3. The molecular formula is C12H20N2O2. The maximum Gasteiger partial charge on any atom is 0.220 e. The Morgan fingerprint density at radius 2 is 2.31 bits per heavy atom. The highest BCUT2D eigenvalue weighted by atomic mass is 16.3. The molecule has 90 valence electrons. The smallest absolute Gasteiger partial charge is 0.220 e. The van der Waals surface area contributed by atoms with E-state index in [1.807, 2.05) is 26.0 Å². The lowest BCUT2D eigenvalue weighted by Crippen LogP contribution is -2.39. The summed E-state index contributed by atoms with van der Waals surface area (Å²) in [5.74, 6) is 1.19. The average molecular weight is 224 g/mol. The van der Waals surface area contributed by atoms with Crippen molar-refractivity contribution in [2.45, 2.75) is 32.7 Å². The number of furan rings is 1. The van der Waals surface area contributed by atoms with Gasteiger partial charge in [-0.2, -0.15) is 0 Å². The first-order chi connectivity index (χ1) is 7.63. The molecule has 0 spiro atoms. The molecule has 16 heavy (non-hydrogen) atoms. The van der Waals surface area contributed by atoms with Gasteiger partial charge in [-0.15, -0.1) is 0 Å². The van der Waals surface area contributed by atoms with E-state index >= 15 is 0 Å². The molecule has 1 aromatic heterocycles. The Balaban J connectivity index is 2.25. The number of nitrogens with one attached hydrogen (secondary N) is 1. The van der Waals surface area contributed by atoms with Crippen LogP contribution in [0.1, 0.15) is 26.0 Å². The predicted octanol–water partition coefficient (Wildman–Crippen LogP) is 1.31. The van der Waals surface area contributed by atoms with Crippen LogP contribution in [0.2, 0.25) is 0 Å². The van der Waals surface area contributed by atoms with Gasteiger partial charge in [-0.3, -0.25) is 4.79 Å². The average Bonchev–Trinajstić information content (AvgIpc) is 2.78. The summed E-state index contributed by atoms with van der Waals surface area (Å²) in [5, 5.41) is 2.93. The lowest BCUT2D eigenvalue weighted by Gasteiger charge is -2.19. The molecule has 0 aliphatic carbocycles. The van der Waals surface area contributed by atoms with Gasteiger partial charge in [-0.25, -0.2) is 0 Å². The highest BCUT2D eigenvalue weighted by Gasteiger charge is 2.13. The van der Waals surface area contributed by atoms with E-state index in [1.54, 1.807) is 6.26 Å². The molecule has 4 heteroatoms. The third-order valence-corrected chi connectivity index (χ3v) is 2.79. The van der Waals surface area contributed by atoms with Gasteiger partial charge >= 0.3 is 0 Å². The number of carbonyl (C=O) groups is 1. The molecule has 1 amide bonds. The second-order valence-corrected chi connectivity index (χ2v) is 4.15. The number of amides is 1. The van der Waals surface area contributed by atoms with Gasteiger partial charge in [0.1, 0.15) is 5.76 Å². The Morgan fingerprint density at radius 3 is 2.88 bits per heavy atom. The molecule has 0 aliphatic heterocycles. The van der Waals surface area contributed by atoms with E-state index in [9.17, 15) is 4.79 Å². The fraction of sp³-hybridized carbons (Fsp3) is 0.583. The van der Waals surface area contributed by atoms with E-state index in [0.29, 0.717) is 25.3 Å². The summed E-state index contributed by atoms with van der Waals surface area (Å²) < 4.78 is 5.16. The van der Waals surface area contributed by atoms with Gasteiger partial charge in [0.15, 0.2) is 0 Å². The third-order valence-electron chi connectivity index (χ3n) is 2.79. The highest BCUT2D eigenvalue weighted by Crippen LogP contribution is 2.05. The number of hydrogen-bond donors (Lipinski definition) is 2. The standard InChI is InChI=1S/C12H20N2O2/c1-9(8-13)10(2)14-12(15)6-5-11-4-3-7-16-11/h3-4,7,9-10H,5-6,8,13H2,1-2H3,(H,14,15). The van der Waals surface area contributed by atoms with E-state index in [0.717, 1.165) is 5.76 Å². The number of nitrogens with two attached hydrogens (primary N) is 1. The summed E-state index contributed by atoms with van der Waals surface area (Å²) in [7, 11) is 0. The predicted molar refractivity (Wildman–Crippen MR) is 62.9 cm³/mol. The van der Waals surface area contributed by atoms with Crippen molar-refractivity contribution < 1.29 is 9.21 Å². The second kappa shape index (κ2) is 6.33. The van der Waals surface area contributed by atoms with E-state index in [1.165, 1.54) is 0 Å². The molecule has 0 fully saturated rings. The van der Waals surface area contributed by atoms with Crippen LogP contribution in [0.25, 0.3) is 0 Å². The zero-order valence-electron chi connectivity index (χ0n) is 9.90. The molecule has 0 saturated carbocycles. The normalized spacial score (nSPS) is 14.4. The Bertz CT molecular complexity index is 309. The van der Waals surface area contributed by atoms with E-state index < -0.39 is 0 Å². The van der Waals surface area contributed by atoms with Crippen molar-refractivity contribution in [1.29, 1.82) is 0 Å². The van der Waals surface area contributed by atoms with Crippen LogP contribution in [-0.2, 0) is 11.2 Å². The van der Waals surface area contributed by atoms with Crippen molar-refractivity contribution in [2.24, 2.45) is 11.7 Å². The molecule has 4 nitrogen and oxygen atoms in total. The van der Waals surface area contributed by atoms with Crippen molar-refractivity contribution >= 4 is 5.91 Å². The molecule has 1 aromatic rings. The minimum Gasteiger partial charge on any atom is -0.469 e. The highest BCUT2D eigenvalue weighted by molar-refractivity contribution is 5.76.